The first-order valence-corrected chi connectivity index (χ1v) is 7.00. The van der Waals surface area contributed by atoms with Crippen molar-refractivity contribution in [1.82, 2.24) is 4.98 Å². The van der Waals surface area contributed by atoms with Crippen LogP contribution in [0.5, 0.6) is 0 Å². The molecule has 0 aliphatic heterocycles. The molecule has 0 atom stereocenters. The number of rotatable bonds is 2. The zero-order chi connectivity index (χ0) is 15.1. The zero-order valence-corrected chi connectivity index (χ0v) is 12.5. The molecule has 0 spiro atoms. The molecule has 0 saturated heterocycles. The van der Waals surface area contributed by atoms with Crippen LogP contribution in [0.15, 0.2) is 36.5 Å². The summed E-state index contributed by atoms with van der Waals surface area (Å²) >= 11 is 12.1. The van der Waals surface area contributed by atoms with E-state index in [0.717, 1.165) is 5.56 Å². The van der Waals surface area contributed by atoms with Crippen LogP contribution in [0.2, 0.25) is 10.0 Å². The van der Waals surface area contributed by atoms with E-state index in [0.29, 0.717) is 26.5 Å². The lowest BCUT2D eigenvalue weighted by Crippen LogP contribution is -2.04. The monoisotopic (exact) mass is 321 g/mol. The molecule has 0 radical (unpaired) electrons. The maximum absolute atomic E-state index is 13.9. The van der Waals surface area contributed by atoms with Gasteiger partial charge >= 0.3 is 0 Å². The van der Waals surface area contributed by atoms with Crippen LogP contribution in [0, 0.1) is 12.7 Å². The Morgan fingerprint density at radius 1 is 1.14 bits per heavy atom. The van der Waals surface area contributed by atoms with Crippen molar-refractivity contribution in [2.24, 2.45) is 0 Å². The Morgan fingerprint density at radius 2 is 1.90 bits per heavy atom. The quantitative estimate of drug-likeness (QED) is 0.650. The van der Waals surface area contributed by atoms with E-state index in [1.807, 2.05) is 0 Å². The maximum atomic E-state index is 13.9. The topological polar surface area (TPSA) is 32.9 Å². The highest BCUT2D eigenvalue weighted by Crippen LogP contribution is 2.31. The van der Waals surface area contributed by atoms with Crippen molar-refractivity contribution in [3.63, 3.8) is 0 Å². The Bertz CT molecular complexity index is 870. The third kappa shape index (κ3) is 2.43. The number of hydrogen-bond donors (Lipinski definition) is 1. The van der Waals surface area contributed by atoms with E-state index in [4.69, 9.17) is 23.2 Å². The lowest BCUT2D eigenvalue weighted by molar-refractivity contribution is 0.103. The number of aromatic nitrogens is 1. The second-order valence-electron chi connectivity index (χ2n) is 4.82. The van der Waals surface area contributed by atoms with Crippen molar-refractivity contribution in [3.8, 4) is 0 Å². The number of nitrogens with one attached hydrogen (secondary N) is 1. The van der Waals surface area contributed by atoms with Gasteiger partial charge in [-0.05, 0) is 31.2 Å². The van der Waals surface area contributed by atoms with Crippen molar-refractivity contribution in [3.05, 3.63) is 69.1 Å². The Hall–Kier alpha value is -1.84. The molecular formula is C16H10Cl2FNO. The molecule has 0 saturated carbocycles. The van der Waals surface area contributed by atoms with E-state index in [9.17, 15) is 9.18 Å². The maximum Gasteiger partial charge on any atom is 0.198 e. The highest BCUT2D eigenvalue weighted by Gasteiger charge is 2.19. The number of halogens is 3. The summed E-state index contributed by atoms with van der Waals surface area (Å²) in [5, 5.41) is 1.37. The summed E-state index contributed by atoms with van der Waals surface area (Å²) in [5.41, 5.74) is 1.82. The van der Waals surface area contributed by atoms with Gasteiger partial charge in [0.2, 0.25) is 0 Å². The van der Waals surface area contributed by atoms with E-state index in [-0.39, 0.29) is 5.56 Å². The number of benzene rings is 2. The van der Waals surface area contributed by atoms with Crippen molar-refractivity contribution in [1.29, 1.82) is 0 Å². The van der Waals surface area contributed by atoms with Crippen molar-refractivity contribution < 1.29 is 9.18 Å². The fraction of sp³-hybridized carbons (Fsp3) is 0.0625. The molecule has 5 heteroatoms. The number of fused-ring (bicyclic) bond motifs is 1. The third-order valence-corrected chi connectivity index (χ3v) is 3.82. The SMILES string of the molecule is Cc1ccc(F)c(C(=O)c2c[nH]c3cc(Cl)cc(Cl)c23)c1. The van der Waals surface area contributed by atoms with Crippen LogP contribution in [0.3, 0.4) is 0 Å². The number of ketones is 1. The number of carbonyl (C=O) groups is 1. The molecular weight excluding hydrogens is 312 g/mol. The molecule has 1 heterocycles. The summed E-state index contributed by atoms with van der Waals surface area (Å²) in [5.74, 6) is -0.961. The highest BCUT2D eigenvalue weighted by atomic mass is 35.5. The summed E-state index contributed by atoms with van der Waals surface area (Å²) in [6.45, 7) is 1.80. The fourth-order valence-corrected chi connectivity index (χ4v) is 2.92. The molecule has 1 N–H and O–H groups in total. The van der Waals surface area contributed by atoms with Gasteiger partial charge in [-0.2, -0.15) is 0 Å². The molecule has 21 heavy (non-hydrogen) atoms. The number of carbonyl (C=O) groups excluding carboxylic acids is 1. The Balaban J connectivity index is 2.21. The van der Waals surface area contributed by atoms with Crippen LogP contribution < -0.4 is 0 Å². The van der Waals surface area contributed by atoms with Gasteiger partial charge in [0, 0.05) is 27.7 Å². The minimum absolute atomic E-state index is 0.0296. The summed E-state index contributed by atoms with van der Waals surface area (Å²) in [6.07, 6.45) is 1.52. The lowest BCUT2D eigenvalue weighted by atomic mass is 10.0. The number of hydrogen-bond acceptors (Lipinski definition) is 1. The number of aryl methyl sites for hydroxylation is 1. The molecule has 1 aromatic heterocycles. The van der Waals surface area contributed by atoms with E-state index in [1.54, 1.807) is 25.1 Å². The predicted molar refractivity (Wildman–Crippen MR) is 82.9 cm³/mol. The fourth-order valence-electron chi connectivity index (χ4n) is 2.32. The second kappa shape index (κ2) is 5.17. The Morgan fingerprint density at radius 3 is 2.67 bits per heavy atom. The first-order chi connectivity index (χ1) is 9.97. The van der Waals surface area contributed by atoms with E-state index >= 15 is 0 Å². The van der Waals surface area contributed by atoms with Crippen LogP contribution in [0.4, 0.5) is 4.39 Å². The van der Waals surface area contributed by atoms with Gasteiger partial charge in [0.25, 0.3) is 0 Å². The molecule has 2 nitrogen and oxygen atoms in total. The van der Waals surface area contributed by atoms with Gasteiger partial charge < -0.3 is 4.98 Å². The largest absolute Gasteiger partial charge is 0.360 e. The van der Waals surface area contributed by atoms with Crippen molar-refractivity contribution in [2.75, 3.05) is 0 Å². The van der Waals surface area contributed by atoms with E-state index in [2.05, 4.69) is 4.98 Å². The molecule has 106 valence electrons. The summed E-state index contributed by atoms with van der Waals surface area (Å²) in [4.78, 5) is 15.5. The minimum Gasteiger partial charge on any atom is -0.360 e. The predicted octanol–water partition coefficient (Wildman–Crippen LogP) is 5.15. The molecule has 2 aromatic carbocycles. The van der Waals surface area contributed by atoms with Gasteiger partial charge in [-0.3, -0.25) is 4.79 Å². The second-order valence-corrected chi connectivity index (χ2v) is 5.67. The summed E-state index contributed by atoms with van der Waals surface area (Å²) < 4.78 is 13.9. The van der Waals surface area contributed by atoms with Crippen molar-refractivity contribution in [2.45, 2.75) is 6.92 Å². The summed E-state index contributed by atoms with van der Waals surface area (Å²) in [6, 6.07) is 7.67. The zero-order valence-electron chi connectivity index (χ0n) is 11.0. The van der Waals surface area contributed by atoms with Gasteiger partial charge in [0.1, 0.15) is 5.82 Å². The highest BCUT2D eigenvalue weighted by molar-refractivity contribution is 6.40. The van der Waals surface area contributed by atoms with Crippen LogP contribution >= 0.6 is 23.2 Å². The van der Waals surface area contributed by atoms with Gasteiger partial charge in [-0.25, -0.2) is 4.39 Å². The Kier molecular flexibility index (Phi) is 3.47. The molecule has 0 amide bonds. The third-order valence-electron chi connectivity index (χ3n) is 3.31. The Labute approximate surface area is 130 Å². The van der Waals surface area contributed by atoms with E-state index < -0.39 is 11.6 Å². The van der Waals surface area contributed by atoms with Crippen LogP contribution in [0.1, 0.15) is 21.5 Å². The molecule has 0 bridgehead atoms. The van der Waals surface area contributed by atoms with Gasteiger partial charge in [0.05, 0.1) is 10.6 Å². The number of H-pyrrole nitrogens is 1. The molecule has 0 aliphatic carbocycles. The number of aromatic amines is 1. The van der Waals surface area contributed by atoms with Crippen LogP contribution in [0.25, 0.3) is 10.9 Å². The molecule has 3 rings (SSSR count). The van der Waals surface area contributed by atoms with Crippen LogP contribution in [-0.2, 0) is 0 Å². The molecule has 3 aromatic rings. The smallest absolute Gasteiger partial charge is 0.198 e. The van der Waals surface area contributed by atoms with Gasteiger partial charge in [-0.15, -0.1) is 0 Å². The first-order valence-electron chi connectivity index (χ1n) is 6.24. The standard InChI is InChI=1S/C16H10Cl2FNO/c1-8-2-3-13(19)10(4-8)16(21)11-7-20-14-6-9(17)5-12(18)15(11)14/h2-7,20H,1H3. The summed E-state index contributed by atoms with van der Waals surface area (Å²) in [7, 11) is 0. The van der Waals surface area contributed by atoms with Crippen molar-refractivity contribution >= 4 is 39.9 Å². The normalized spacial score (nSPS) is 11.0. The molecule has 0 fully saturated rings. The average Bonchev–Trinajstić information content (AvgIpc) is 2.84. The molecule has 0 unspecified atom stereocenters. The first kappa shape index (κ1) is 14.1. The van der Waals surface area contributed by atoms with E-state index in [1.165, 1.54) is 18.3 Å². The minimum atomic E-state index is -0.551. The van der Waals surface area contributed by atoms with Crippen LogP contribution in [-0.4, -0.2) is 10.8 Å². The van der Waals surface area contributed by atoms with Gasteiger partial charge in [0.15, 0.2) is 5.78 Å². The van der Waals surface area contributed by atoms with Gasteiger partial charge in [-0.1, -0.05) is 34.8 Å². The molecule has 0 aliphatic rings. The average molecular weight is 322 g/mol. The lowest BCUT2D eigenvalue weighted by Gasteiger charge is -2.04.